The van der Waals surface area contributed by atoms with E-state index in [1.165, 1.54) is 14.1 Å². The van der Waals surface area contributed by atoms with Crippen molar-refractivity contribution in [3.63, 3.8) is 0 Å². The van der Waals surface area contributed by atoms with Crippen LogP contribution in [0.4, 0.5) is 0 Å². The molecule has 0 radical (unpaired) electrons. The van der Waals surface area contributed by atoms with Crippen molar-refractivity contribution in [2.45, 2.75) is 26.4 Å². The van der Waals surface area contributed by atoms with Gasteiger partial charge in [-0.25, -0.2) is 0 Å². The maximum absolute atomic E-state index is 11.1. The fourth-order valence-corrected chi connectivity index (χ4v) is 0.757. The van der Waals surface area contributed by atoms with Crippen molar-refractivity contribution in [2.24, 2.45) is 0 Å². The van der Waals surface area contributed by atoms with Crippen LogP contribution in [0.3, 0.4) is 0 Å². The van der Waals surface area contributed by atoms with Gasteiger partial charge in [0.05, 0.1) is 5.60 Å². The molecule has 0 amide bonds. The van der Waals surface area contributed by atoms with E-state index < -0.39 is 15.8 Å². The lowest BCUT2D eigenvalue weighted by molar-refractivity contribution is -0.0376. The first-order valence-corrected chi connectivity index (χ1v) is 4.96. The summed E-state index contributed by atoms with van der Waals surface area (Å²) in [7, 11) is -0.620. The molecule has 0 aromatic carbocycles. The maximum atomic E-state index is 11.1. The summed E-state index contributed by atoms with van der Waals surface area (Å²) in [4.78, 5) is 6.87. The summed E-state index contributed by atoms with van der Waals surface area (Å²) < 4.78 is 23.2. The monoisotopic (exact) mass is 196 g/mol. The van der Waals surface area contributed by atoms with E-state index in [1.807, 2.05) is 4.89 Å². The fraction of sp³-hybridized carbons (Fsp3) is 1.00. The van der Waals surface area contributed by atoms with Gasteiger partial charge in [-0.05, 0) is 20.8 Å². The van der Waals surface area contributed by atoms with E-state index in [1.54, 1.807) is 20.8 Å². The molecule has 0 aromatic rings. The SMILES string of the molecule is CN(C)S(=O)(=O)NOC(C)(C)C. The lowest BCUT2D eigenvalue weighted by atomic mass is 10.2. The number of nitrogens with zero attached hydrogens (tertiary/aromatic N) is 1. The smallest absolute Gasteiger partial charge is 0.280 e. The Morgan fingerprint density at radius 3 is 1.92 bits per heavy atom. The molecule has 0 saturated heterocycles. The number of hydrogen-bond donors (Lipinski definition) is 1. The second kappa shape index (κ2) is 3.69. The summed E-state index contributed by atoms with van der Waals surface area (Å²) in [6.07, 6.45) is 0. The molecule has 0 heterocycles. The van der Waals surface area contributed by atoms with Crippen LogP contribution in [-0.4, -0.2) is 32.4 Å². The molecule has 0 aliphatic carbocycles. The highest BCUT2D eigenvalue weighted by Gasteiger charge is 2.18. The van der Waals surface area contributed by atoms with Crippen molar-refractivity contribution in [1.82, 2.24) is 9.19 Å². The van der Waals surface area contributed by atoms with Gasteiger partial charge in [-0.1, -0.05) is 4.89 Å². The van der Waals surface area contributed by atoms with E-state index in [0.717, 1.165) is 4.31 Å². The highest BCUT2D eigenvalue weighted by Crippen LogP contribution is 2.04. The van der Waals surface area contributed by atoms with Crippen LogP contribution in [0.15, 0.2) is 0 Å². The zero-order chi connectivity index (χ0) is 9.99. The standard InChI is InChI=1S/C6H16N2O3S/c1-6(2,3)11-7-12(9,10)8(4)5/h7H,1-5H3. The molecule has 0 aromatic heterocycles. The zero-order valence-electron chi connectivity index (χ0n) is 8.08. The number of hydrogen-bond acceptors (Lipinski definition) is 3. The van der Waals surface area contributed by atoms with Crippen molar-refractivity contribution in [1.29, 1.82) is 0 Å². The number of nitrogens with one attached hydrogen (secondary N) is 1. The van der Waals surface area contributed by atoms with Crippen LogP contribution in [0.5, 0.6) is 0 Å². The van der Waals surface area contributed by atoms with Gasteiger partial charge in [0.1, 0.15) is 0 Å². The van der Waals surface area contributed by atoms with Gasteiger partial charge in [-0.2, -0.15) is 12.7 Å². The minimum Gasteiger partial charge on any atom is -0.280 e. The molecule has 0 aliphatic rings. The fourth-order valence-electron chi connectivity index (χ4n) is 0.252. The molecule has 0 unspecified atom stereocenters. The van der Waals surface area contributed by atoms with Gasteiger partial charge in [0, 0.05) is 14.1 Å². The molecular weight excluding hydrogens is 180 g/mol. The normalized spacial score (nSPS) is 13.8. The second-order valence-corrected chi connectivity index (χ2v) is 5.43. The molecule has 1 N–H and O–H groups in total. The minimum atomic E-state index is -3.47. The quantitative estimate of drug-likeness (QED) is 0.652. The van der Waals surface area contributed by atoms with Crippen LogP contribution in [-0.2, 0) is 15.0 Å². The summed E-state index contributed by atoms with van der Waals surface area (Å²) >= 11 is 0. The van der Waals surface area contributed by atoms with Gasteiger partial charge >= 0.3 is 10.2 Å². The lowest BCUT2D eigenvalue weighted by Crippen LogP contribution is -2.40. The predicted molar refractivity (Wildman–Crippen MR) is 46.6 cm³/mol. The minimum absolute atomic E-state index is 0.525. The molecule has 6 heteroatoms. The molecule has 0 atom stereocenters. The summed E-state index contributed by atoms with van der Waals surface area (Å²) in [6, 6.07) is 0. The average Bonchev–Trinajstić information content (AvgIpc) is 1.82. The Labute approximate surface area is 73.8 Å². The first kappa shape index (κ1) is 11.8. The summed E-state index contributed by atoms with van der Waals surface area (Å²) in [5, 5.41) is 0. The molecule has 74 valence electrons. The third-order valence-corrected chi connectivity index (χ3v) is 2.19. The van der Waals surface area contributed by atoms with Gasteiger partial charge in [0.25, 0.3) is 0 Å². The Balaban J connectivity index is 4.12. The molecule has 0 rings (SSSR count). The maximum Gasteiger partial charge on any atom is 0.301 e. The lowest BCUT2D eigenvalue weighted by Gasteiger charge is -2.20. The third-order valence-electron chi connectivity index (χ3n) is 0.934. The van der Waals surface area contributed by atoms with E-state index in [9.17, 15) is 8.42 Å². The molecule has 0 aliphatic heterocycles. The molecule has 5 nitrogen and oxygen atoms in total. The van der Waals surface area contributed by atoms with Gasteiger partial charge in [0.2, 0.25) is 0 Å². The Kier molecular flexibility index (Phi) is 3.64. The van der Waals surface area contributed by atoms with Crippen LogP contribution in [0, 0.1) is 0 Å². The van der Waals surface area contributed by atoms with Gasteiger partial charge in [-0.3, -0.25) is 4.84 Å². The van der Waals surface area contributed by atoms with Crippen molar-refractivity contribution < 1.29 is 13.3 Å². The molecule has 0 saturated carbocycles. The topological polar surface area (TPSA) is 58.6 Å². The van der Waals surface area contributed by atoms with E-state index >= 15 is 0 Å². The molecule has 0 fully saturated rings. The number of rotatable bonds is 3. The second-order valence-electron chi connectivity index (χ2n) is 3.59. The Bertz CT molecular complexity index is 228. The van der Waals surface area contributed by atoms with Crippen LogP contribution in [0.25, 0.3) is 0 Å². The van der Waals surface area contributed by atoms with Crippen molar-refractivity contribution in [3.8, 4) is 0 Å². The summed E-state index contributed by atoms with van der Waals surface area (Å²) in [6.45, 7) is 5.27. The van der Waals surface area contributed by atoms with Crippen molar-refractivity contribution >= 4 is 10.2 Å². The Morgan fingerprint density at radius 1 is 1.25 bits per heavy atom. The highest BCUT2D eigenvalue weighted by molar-refractivity contribution is 7.86. The first-order chi connectivity index (χ1) is 5.15. The van der Waals surface area contributed by atoms with E-state index in [2.05, 4.69) is 0 Å². The van der Waals surface area contributed by atoms with Crippen LogP contribution >= 0.6 is 0 Å². The predicted octanol–water partition coefficient (Wildman–Crippen LogP) is 0.113. The zero-order valence-corrected chi connectivity index (χ0v) is 8.90. The third kappa shape index (κ3) is 4.66. The van der Waals surface area contributed by atoms with E-state index in [4.69, 9.17) is 4.84 Å². The highest BCUT2D eigenvalue weighted by atomic mass is 32.2. The van der Waals surface area contributed by atoms with Gasteiger partial charge < -0.3 is 0 Å². The van der Waals surface area contributed by atoms with Crippen LogP contribution in [0.2, 0.25) is 0 Å². The largest absolute Gasteiger partial charge is 0.301 e. The van der Waals surface area contributed by atoms with Crippen molar-refractivity contribution in [2.75, 3.05) is 14.1 Å². The van der Waals surface area contributed by atoms with Gasteiger partial charge in [0.15, 0.2) is 0 Å². The molecule has 0 spiro atoms. The van der Waals surface area contributed by atoms with E-state index in [0.29, 0.717) is 0 Å². The Hall–Kier alpha value is -0.170. The Morgan fingerprint density at radius 2 is 1.67 bits per heavy atom. The molecular formula is C6H16N2O3S. The van der Waals surface area contributed by atoms with Gasteiger partial charge in [-0.15, -0.1) is 0 Å². The molecule has 12 heavy (non-hydrogen) atoms. The molecule has 0 bridgehead atoms. The summed E-state index contributed by atoms with van der Waals surface area (Å²) in [5.41, 5.74) is -0.525. The van der Waals surface area contributed by atoms with Crippen molar-refractivity contribution in [3.05, 3.63) is 0 Å². The van der Waals surface area contributed by atoms with Crippen LogP contribution < -0.4 is 4.89 Å². The average molecular weight is 196 g/mol. The summed E-state index contributed by atoms with van der Waals surface area (Å²) in [5.74, 6) is 0. The van der Waals surface area contributed by atoms with Crippen LogP contribution in [0.1, 0.15) is 20.8 Å². The van der Waals surface area contributed by atoms with E-state index in [-0.39, 0.29) is 0 Å². The first-order valence-electron chi connectivity index (χ1n) is 3.52.